The minimum absolute atomic E-state index is 0.0994. The summed E-state index contributed by atoms with van der Waals surface area (Å²) < 4.78 is 7.36. The van der Waals surface area contributed by atoms with Crippen LogP contribution in [0.15, 0.2) is 66.9 Å². The Bertz CT molecular complexity index is 1720. The highest BCUT2D eigenvalue weighted by molar-refractivity contribution is 7.21. The molecular weight excluding hydrogens is 538 g/mol. The van der Waals surface area contributed by atoms with Gasteiger partial charge in [-0.25, -0.2) is 9.50 Å². The number of likely N-dealkylation sites (tertiary alicyclic amines) is 1. The number of carbonyl (C=O) groups excluding carboxylic acids is 2. The summed E-state index contributed by atoms with van der Waals surface area (Å²) in [5, 5.41) is 10.3. The van der Waals surface area contributed by atoms with E-state index in [0.29, 0.717) is 45.9 Å². The van der Waals surface area contributed by atoms with Crippen LogP contribution >= 0.6 is 11.3 Å². The van der Waals surface area contributed by atoms with Crippen LogP contribution in [0.2, 0.25) is 0 Å². The van der Waals surface area contributed by atoms with Crippen molar-refractivity contribution >= 4 is 39.4 Å². The van der Waals surface area contributed by atoms with Gasteiger partial charge in [0.15, 0.2) is 0 Å². The molecule has 0 bridgehead atoms. The fourth-order valence-corrected chi connectivity index (χ4v) is 6.30. The molecule has 2 N–H and O–H groups in total. The predicted molar refractivity (Wildman–Crippen MR) is 159 cm³/mol. The number of aryl methyl sites for hydroxylation is 1. The number of rotatable bonds is 8. The second-order valence-electron chi connectivity index (χ2n) is 10.8. The number of ether oxygens (including phenoxy) is 1. The lowest BCUT2D eigenvalue weighted by molar-refractivity contribution is -0.118. The molecule has 0 radical (unpaired) electrons. The first-order valence-electron chi connectivity index (χ1n) is 13.5. The maximum Gasteiger partial charge on any atom is 0.260 e. The molecule has 10 nitrogen and oxygen atoms in total. The number of nitrogens with zero attached hydrogens (tertiary/aromatic N) is 5. The van der Waals surface area contributed by atoms with E-state index in [1.807, 2.05) is 25.3 Å². The van der Waals surface area contributed by atoms with E-state index in [2.05, 4.69) is 62.7 Å². The van der Waals surface area contributed by atoms with Crippen molar-refractivity contribution in [2.24, 2.45) is 11.3 Å². The molecule has 1 aliphatic heterocycles. The van der Waals surface area contributed by atoms with Gasteiger partial charge in [-0.05, 0) is 43.5 Å². The minimum atomic E-state index is -0.315. The fourth-order valence-electron chi connectivity index (χ4n) is 5.22. The number of fused-ring (bicyclic) bond motifs is 2. The Balaban J connectivity index is 1.15. The zero-order chi connectivity index (χ0) is 28.7. The topological polar surface area (TPSA) is 114 Å². The summed E-state index contributed by atoms with van der Waals surface area (Å²) in [6.07, 6.45) is 13.1. The summed E-state index contributed by atoms with van der Waals surface area (Å²) in [5.41, 5.74) is 4.24. The van der Waals surface area contributed by atoms with Gasteiger partial charge in [-0.15, -0.1) is 11.3 Å². The number of amides is 2. The first-order valence-corrected chi connectivity index (χ1v) is 14.3. The zero-order valence-corrected chi connectivity index (χ0v) is 24.2. The molecule has 11 heteroatoms. The van der Waals surface area contributed by atoms with Crippen LogP contribution in [0.4, 0.5) is 11.4 Å². The normalized spacial score (nSPS) is 17.0. The zero-order valence-electron chi connectivity index (χ0n) is 23.3. The fraction of sp³-hybridized carbons (Fsp3) is 0.300. The van der Waals surface area contributed by atoms with Crippen molar-refractivity contribution in [1.29, 1.82) is 0 Å². The number of carbonyl (C=O) groups is 2. The lowest BCUT2D eigenvalue weighted by atomic mass is 9.69. The lowest BCUT2D eigenvalue weighted by Gasteiger charge is -2.51. The van der Waals surface area contributed by atoms with Crippen LogP contribution in [0.3, 0.4) is 0 Å². The van der Waals surface area contributed by atoms with Crippen molar-refractivity contribution in [2.45, 2.75) is 27.7 Å². The first-order chi connectivity index (χ1) is 19.7. The van der Waals surface area contributed by atoms with Crippen LogP contribution in [-0.2, 0) is 4.79 Å². The second-order valence-corrected chi connectivity index (χ2v) is 11.8. The van der Waals surface area contributed by atoms with E-state index in [-0.39, 0.29) is 23.8 Å². The molecule has 0 spiro atoms. The first kappa shape index (κ1) is 26.7. The monoisotopic (exact) mass is 569 g/mol. The summed E-state index contributed by atoms with van der Waals surface area (Å²) in [4.78, 5) is 38.6. The molecule has 4 aromatic heterocycles. The third-order valence-electron chi connectivity index (χ3n) is 7.53. The molecule has 1 saturated heterocycles. The maximum atomic E-state index is 13.3. The van der Waals surface area contributed by atoms with E-state index in [1.165, 1.54) is 17.0 Å². The van der Waals surface area contributed by atoms with Gasteiger partial charge in [0.2, 0.25) is 11.8 Å². The molecule has 1 atom stereocenters. The standard InChI is InChI=1S/C30H31N7O3S/c1-5-40-28-20(8-7-11-31-28)25-16-37-29(41-25)21(14-33-37)27(39)35-23-12-19(13-32-18(23)2)34-26(38)17-36-15-22-24(36)9-6-10-30(22,3)4/h6-14,16,22H,5,15,17H2,1-4H3,(H,34,38)(H,35,39). The smallest absolute Gasteiger partial charge is 0.260 e. The van der Waals surface area contributed by atoms with E-state index in [4.69, 9.17) is 4.74 Å². The molecule has 5 heterocycles. The van der Waals surface area contributed by atoms with E-state index in [9.17, 15) is 9.59 Å². The highest BCUT2D eigenvalue weighted by atomic mass is 32.1. The van der Waals surface area contributed by atoms with Gasteiger partial charge in [0.05, 0.1) is 58.6 Å². The molecule has 41 heavy (non-hydrogen) atoms. The summed E-state index contributed by atoms with van der Waals surface area (Å²) in [7, 11) is 0. The van der Waals surface area contributed by atoms with E-state index in [0.717, 1.165) is 17.0 Å². The van der Waals surface area contributed by atoms with Gasteiger partial charge in [0, 0.05) is 30.6 Å². The Morgan fingerprint density at radius 1 is 1.22 bits per heavy atom. The van der Waals surface area contributed by atoms with Crippen LogP contribution in [0.5, 0.6) is 5.88 Å². The lowest BCUT2D eigenvalue weighted by Crippen LogP contribution is -2.53. The van der Waals surface area contributed by atoms with E-state index < -0.39 is 0 Å². The number of anilines is 2. The molecular formula is C30H31N7O3S. The molecule has 1 fully saturated rings. The highest BCUT2D eigenvalue weighted by Crippen LogP contribution is 2.45. The number of thiazole rings is 1. The summed E-state index contributed by atoms with van der Waals surface area (Å²) in [6.45, 7) is 9.77. The third-order valence-corrected chi connectivity index (χ3v) is 8.67. The van der Waals surface area contributed by atoms with Crippen molar-refractivity contribution in [2.75, 3.05) is 30.3 Å². The Morgan fingerprint density at radius 2 is 2.07 bits per heavy atom. The Kier molecular flexibility index (Phi) is 6.82. The molecule has 4 aromatic rings. The van der Waals surface area contributed by atoms with Gasteiger partial charge in [-0.1, -0.05) is 26.0 Å². The van der Waals surface area contributed by atoms with Crippen molar-refractivity contribution < 1.29 is 14.3 Å². The number of pyridine rings is 2. The number of aromatic nitrogens is 4. The van der Waals surface area contributed by atoms with Gasteiger partial charge in [-0.2, -0.15) is 5.10 Å². The molecule has 2 amide bonds. The Morgan fingerprint density at radius 3 is 2.90 bits per heavy atom. The molecule has 0 aromatic carbocycles. The molecule has 6 rings (SSSR count). The van der Waals surface area contributed by atoms with E-state index in [1.54, 1.807) is 36.1 Å². The summed E-state index contributed by atoms with van der Waals surface area (Å²) in [5.74, 6) is 0.528. The van der Waals surface area contributed by atoms with Gasteiger partial charge in [0.1, 0.15) is 4.83 Å². The summed E-state index contributed by atoms with van der Waals surface area (Å²) >= 11 is 1.43. The number of hydrogen-bond donors (Lipinski definition) is 2. The molecule has 1 aliphatic carbocycles. The minimum Gasteiger partial charge on any atom is -0.477 e. The van der Waals surface area contributed by atoms with Crippen LogP contribution in [0, 0.1) is 18.3 Å². The van der Waals surface area contributed by atoms with Crippen molar-refractivity contribution in [1.82, 2.24) is 24.5 Å². The van der Waals surface area contributed by atoms with Crippen LogP contribution in [-0.4, -0.2) is 56.0 Å². The average Bonchev–Trinajstić information content (AvgIpc) is 3.52. The van der Waals surface area contributed by atoms with Gasteiger partial charge in [-0.3, -0.25) is 14.6 Å². The van der Waals surface area contributed by atoms with E-state index >= 15 is 0 Å². The molecule has 2 aliphatic rings. The Labute approximate surface area is 241 Å². The average molecular weight is 570 g/mol. The third kappa shape index (κ3) is 5.08. The highest BCUT2D eigenvalue weighted by Gasteiger charge is 2.43. The quantitative estimate of drug-likeness (QED) is 0.301. The van der Waals surface area contributed by atoms with Gasteiger partial charge in [0.25, 0.3) is 5.91 Å². The van der Waals surface area contributed by atoms with Crippen molar-refractivity contribution in [3.8, 4) is 16.3 Å². The second kappa shape index (κ2) is 10.5. The van der Waals surface area contributed by atoms with Crippen molar-refractivity contribution in [3.63, 3.8) is 0 Å². The number of allylic oxidation sites excluding steroid dienone is 3. The summed E-state index contributed by atoms with van der Waals surface area (Å²) in [6, 6.07) is 5.51. The van der Waals surface area contributed by atoms with Crippen LogP contribution in [0.1, 0.15) is 36.8 Å². The Hall–Kier alpha value is -4.51. The SMILES string of the molecule is CCOc1ncccc1-c1cn2ncc(C(=O)Nc3cc(NC(=O)CN4CC5C4=CC=CC5(C)C)cnc3C)c2s1. The maximum absolute atomic E-state index is 13.3. The van der Waals surface area contributed by atoms with Crippen LogP contribution < -0.4 is 15.4 Å². The van der Waals surface area contributed by atoms with Gasteiger partial charge < -0.3 is 20.3 Å². The number of nitrogens with one attached hydrogen (secondary N) is 2. The largest absolute Gasteiger partial charge is 0.477 e. The van der Waals surface area contributed by atoms with Crippen molar-refractivity contribution in [3.05, 3.63) is 78.2 Å². The predicted octanol–water partition coefficient (Wildman–Crippen LogP) is 5.16. The number of hydrogen-bond acceptors (Lipinski definition) is 8. The molecule has 0 saturated carbocycles. The van der Waals surface area contributed by atoms with Crippen LogP contribution in [0.25, 0.3) is 15.3 Å². The van der Waals surface area contributed by atoms with Gasteiger partial charge >= 0.3 is 0 Å². The molecule has 1 unspecified atom stereocenters. The molecule has 210 valence electrons.